The second-order valence-corrected chi connectivity index (χ2v) is 9.30. The van der Waals surface area contributed by atoms with Crippen molar-refractivity contribution in [3.63, 3.8) is 0 Å². The predicted octanol–water partition coefficient (Wildman–Crippen LogP) is 2.33. The molecule has 6 nitrogen and oxygen atoms in total. The van der Waals surface area contributed by atoms with Crippen LogP contribution in [0.4, 0.5) is 0 Å². The van der Waals surface area contributed by atoms with Crippen LogP contribution in [0.15, 0.2) is 35.3 Å². The Morgan fingerprint density at radius 2 is 1.85 bits per heavy atom. The van der Waals surface area contributed by atoms with Gasteiger partial charge < -0.3 is 10.6 Å². The highest BCUT2D eigenvalue weighted by atomic mass is 32.2. The van der Waals surface area contributed by atoms with Crippen LogP contribution >= 0.6 is 0 Å². The first-order valence-electron chi connectivity index (χ1n) is 9.86. The summed E-state index contributed by atoms with van der Waals surface area (Å²) in [5, 5.41) is 6.80. The fraction of sp³-hybridized carbons (Fsp3) is 0.650. The number of rotatable bonds is 9. The molecule has 0 saturated heterocycles. The van der Waals surface area contributed by atoms with E-state index in [1.54, 1.807) is 7.05 Å². The van der Waals surface area contributed by atoms with Gasteiger partial charge >= 0.3 is 0 Å². The molecule has 0 bridgehead atoms. The Kier molecular flexibility index (Phi) is 8.10. The minimum absolute atomic E-state index is 0.175. The molecule has 2 N–H and O–H groups in total. The van der Waals surface area contributed by atoms with Gasteiger partial charge in [-0.3, -0.25) is 4.99 Å². The lowest BCUT2D eigenvalue weighted by molar-refractivity contribution is 0.421. The summed E-state index contributed by atoms with van der Waals surface area (Å²) in [4.78, 5) is 4.32. The maximum absolute atomic E-state index is 11.6. The Hall–Kier alpha value is -1.60. The summed E-state index contributed by atoms with van der Waals surface area (Å²) in [6, 6.07) is 10.8. The molecule has 2 rings (SSSR count). The number of nitrogens with zero attached hydrogens (tertiary/aromatic N) is 2. The average molecular weight is 395 g/mol. The number of nitrogens with one attached hydrogen (secondary N) is 2. The maximum Gasteiger partial charge on any atom is 0.211 e. The van der Waals surface area contributed by atoms with Crippen LogP contribution in [0.2, 0.25) is 0 Å². The highest BCUT2D eigenvalue weighted by Crippen LogP contribution is 2.40. The van der Waals surface area contributed by atoms with Crippen molar-refractivity contribution < 1.29 is 8.42 Å². The molecule has 1 aliphatic rings. The number of benzene rings is 1. The van der Waals surface area contributed by atoms with E-state index in [4.69, 9.17) is 0 Å². The summed E-state index contributed by atoms with van der Waals surface area (Å²) < 4.78 is 24.8. The molecule has 0 aromatic heterocycles. The van der Waals surface area contributed by atoms with Crippen LogP contribution in [-0.2, 0) is 15.4 Å². The maximum atomic E-state index is 11.6. The van der Waals surface area contributed by atoms with Crippen molar-refractivity contribution in [3.8, 4) is 0 Å². The van der Waals surface area contributed by atoms with Crippen LogP contribution in [0.25, 0.3) is 0 Å². The molecule has 1 aromatic rings. The molecule has 152 valence electrons. The summed E-state index contributed by atoms with van der Waals surface area (Å²) in [7, 11) is -1.35. The van der Waals surface area contributed by atoms with Crippen LogP contribution in [0.1, 0.15) is 44.6 Å². The van der Waals surface area contributed by atoms with Crippen molar-refractivity contribution in [3.05, 3.63) is 35.9 Å². The molecule has 0 radical (unpaired) electrons. The van der Waals surface area contributed by atoms with Crippen molar-refractivity contribution in [1.29, 1.82) is 0 Å². The van der Waals surface area contributed by atoms with Gasteiger partial charge in [-0.2, -0.15) is 0 Å². The van der Waals surface area contributed by atoms with Crippen LogP contribution in [0.3, 0.4) is 0 Å². The highest BCUT2D eigenvalue weighted by molar-refractivity contribution is 7.88. The van der Waals surface area contributed by atoms with E-state index in [9.17, 15) is 8.42 Å². The van der Waals surface area contributed by atoms with Crippen LogP contribution in [0.5, 0.6) is 0 Å². The zero-order valence-corrected chi connectivity index (χ0v) is 17.7. The fourth-order valence-corrected chi connectivity index (χ4v) is 4.83. The quantitative estimate of drug-likeness (QED) is 0.383. The minimum atomic E-state index is -3.12. The van der Waals surface area contributed by atoms with Crippen LogP contribution < -0.4 is 10.6 Å². The smallest absolute Gasteiger partial charge is 0.211 e. The summed E-state index contributed by atoms with van der Waals surface area (Å²) in [5.74, 6) is 0.777. The number of hydrogen-bond acceptors (Lipinski definition) is 3. The molecule has 1 saturated carbocycles. The van der Waals surface area contributed by atoms with Gasteiger partial charge in [0, 0.05) is 38.6 Å². The Bertz CT molecular complexity index is 698. The standard InChI is InChI=1S/C20H34N4O2S/c1-4-24(27(3,25)26)16-10-15-22-19(21-2)23-17-20(13-8-9-14-20)18-11-6-5-7-12-18/h5-7,11-12H,4,8-10,13-17H2,1-3H3,(H2,21,22,23). The molecule has 0 heterocycles. The van der Waals surface area contributed by atoms with Gasteiger partial charge in [0.25, 0.3) is 0 Å². The van der Waals surface area contributed by atoms with E-state index < -0.39 is 10.0 Å². The van der Waals surface area contributed by atoms with Crippen molar-refractivity contribution in [2.75, 3.05) is 39.5 Å². The average Bonchev–Trinajstić information content (AvgIpc) is 3.14. The van der Waals surface area contributed by atoms with Gasteiger partial charge in [-0.05, 0) is 24.8 Å². The van der Waals surface area contributed by atoms with Gasteiger partial charge in [-0.15, -0.1) is 0 Å². The molecule has 0 spiro atoms. The van der Waals surface area contributed by atoms with Gasteiger partial charge in [0.1, 0.15) is 0 Å². The summed E-state index contributed by atoms with van der Waals surface area (Å²) >= 11 is 0. The number of sulfonamides is 1. The first-order chi connectivity index (χ1) is 12.9. The minimum Gasteiger partial charge on any atom is -0.356 e. The Labute approximate surface area is 164 Å². The first-order valence-corrected chi connectivity index (χ1v) is 11.7. The second kappa shape index (κ2) is 10.1. The summed E-state index contributed by atoms with van der Waals surface area (Å²) in [5.41, 5.74) is 1.57. The van der Waals surface area contributed by atoms with Crippen molar-refractivity contribution in [2.24, 2.45) is 4.99 Å². The lowest BCUT2D eigenvalue weighted by atomic mass is 9.79. The van der Waals surface area contributed by atoms with E-state index in [-0.39, 0.29) is 5.41 Å². The SMILES string of the molecule is CCN(CCCNC(=NC)NCC1(c2ccccc2)CCCC1)S(C)(=O)=O. The van der Waals surface area contributed by atoms with Crippen LogP contribution in [-0.4, -0.2) is 58.2 Å². The zero-order chi connectivity index (χ0) is 19.8. The summed E-state index contributed by atoms with van der Waals surface area (Å²) in [6.07, 6.45) is 6.92. The largest absolute Gasteiger partial charge is 0.356 e. The van der Waals surface area contributed by atoms with Gasteiger partial charge in [0.15, 0.2) is 5.96 Å². The van der Waals surface area contributed by atoms with Crippen molar-refractivity contribution in [2.45, 2.75) is 44.4 Å². The third-order valence-corrected chi connectivity index (χ3v) is 6.84. The Balaban J connectivity index is 1.84. The van der Waals surface area contributed by atoms with Gasteiger partial charge in [0.05, 0.1) is 6.26 Å². The van der Waals surface area contributed by atoms with Crippen molar-refractivity contribution >= 4 is 16.0 Å². The third kappa shape index (κ3) is 6.21. The molecule has 0 atom stereocenters. The molecule has 1 aromatic carbocycles. The van der Waals surface area contributed by atoms with E-state index in [2.05, 4.69) is 46.0 Å². The molecule has 7 heteroatoms. The highest BCUT2D eigenvalue weighted by Gasteiger charge is 2.35. The molecular weight excluding hydrogens is 360 g/mol. The molecule has 1 fully saturated rings. The topological polar surface area (TPSA) is 73.8 Å². The molecule has 0 unspecified atom stereocenters. The molecule has 0 aliphatic heterocycles. The number of aliphatic imine (C=N–C) groups is 1. The first kappa shape index (κ1) is 21.7. The number of hydrogen-bond donors (Lipinski definition) is 2. The molecule has 0 amide bonds. The Morgan fingerprint density at radius 1 is 1.19 bits per heavy atom. The predicted molar refractivity (Wildman–Crippen MR) is 113 cm³/mol. The van der Waals surface area contributed by atoms with Gasteiger partial charge in [-0.1, -0.05) is 50.1 Å². The lowest BCUT2D eigenvalue weighted by Gasteiger charge is -2.31. The van der Waals surface area contributed by atoms with E-state index in [0.29, 0.717) is 19.6 Å². The summed E-state index contributed by atoms with van der Waals surface area (Å²) in [6.45, 7) is 4.43. The third-order valence-electron chi connectivity index (χ3n) is 5.46. The Morgan fingerprint density at radius 3 is 2.41 bits per heavy atom. The van der Waals surface area contributed by atoms with E-state index in [1.807, 2.05) is 6.92 Å². The zero-order valence-electron chi connectivity index (χ0n) is 16.9. The van der Waals surface area contributed by atoms with Crippen LogP contribution in [0, 0.1) is 0 Å². The van der Waals surface area contributed by atoms with E-state index in [1.165, 1.54) is 41.8 Å². The van der Waals surface area contributed by atoms with Gasteiger partial charge in [-0.25, -0.2) is 12.7 Å². The molecule has 27 heavy (non-hydrogen) atoms. The number of guanidine groups is 1. The normalized spacial score (nSPS) is 17.3. The molecular formula is C20H34N4O2S. The van der Waals surface area contributed by atoms with E-state index >= 15 is 0 Å². The van der Waals surface area contributed by atoms with Gasteiger partial charge in [0.2, 0.25) is 10.0 Å². The lowest BCUT2D eigenvalue weighted by Crippen LogP contribution is -2.45. The molecule has 1 aliphatic carbocycles. The monoisotopic (exact) mass is 394 g/mol. The van der Waals surface area contributed by atoms with Crippen molar-refractivity contribution in [1.82, 2.24) is 14.9 Å². The second-order valence-electron chi connectivity index (χ2n) is 7.31. The van der Waals surface area contributed by atoms with E-state index in [0.717, 1.165) is 18.9 Å². The fourth-order valence-electron chi connectivity index (χ4n) is 3.91.